The van der Waals surface area contributed by atoms with Crippen LogP contribution in [0.4, 0.5) is 0 Å². The molecule has 0 saturated carbocycles. The van der Waals surface area contributed by atoms with Crippen molar-refractivity contribution >= 4 is 17.0 Å². The summed E-state index contributed by atoms with van der Waals surface area (Å²) in [6.45, 7) is 5.15. The Bertz CT molecular complexity index is 156. The Morgan fingerprint density at radius 3 is 2.91 bits per heavy atom. The molecule has 1 rings (SSSR count). The lowest BCUT2D eigenvalue weighted by Crippen LogP contribution is -2.12. The van der Waals surface area contributed by atoms with E-state index >= 15 is 0 Å². The van der Waals surface area contributed by atoms with Gasteiger partial charge in [-0.3, -0.25) is 0 Å². The molecule has 0 aromatic heterocycles. The van der Waals surface area contributed by atoms with Crippen molar-refractivity contribution in [1.82, 2.24) is 0 Å². The van der Waals surface area contributed by atoms with Crippen LogP contribution in [0, 0.1) is 5.92 Å². The molecular formula is C8H14ClNO. The van der Waals surface area contributed by atoms with Crippen molar-refractivity contribution in [3.05, 3.63) is 0 Å². The van der Waals surface area contributed by atoms with E-state index in [1.165, 1.54) is 6.42 Å². The molecule has 1 aliphatic rings. The van der Waals surface area contributed by atoms with Gasteiger partial charge in [0.2, 0.25) is 0 Å². The highest BCUT2D eigenvalue weighted by molar-refractivity contribution is 6.63. The predicted octanol–water partition coefficient (Wildman–Crippen LogP) is 2.42. The fraction of sp³-hybridized carbons (Fsp3) is 0.875. The van der Waals surface area contributed by atoms with Crippen molar-refractivity contribution in [2.45, 2.75) is 32.8 Å². The van der Waals surface area contributed by atoms with E-state index in [1.54, 1.807) is 0 Å². The maximum absolute atomic E-state index is 5.55. The highest BCUT2D eigenvalue weighted by atomic mass is 35.5. The molecule has 1 unspecified atom stereocenters. The molecular weight excluding hydrogens is 162 g/mol. The highest BCUT2D eigenvalue weighted by Gasteiger charge is 2.17. The Morgan fingerprint density at radius 1 is 1.73 bits per heavy atom. The Labute approximate surface area is 72.6 Å². The van der Waals surface area contributed by atoms with E-state index in [9.17, 15) is 0 Å². The molecule has 0 N–H and O–H groups in total. The summed E-state index contributed by atoms with van der Waals surface area (Å²) < 4.78 is 5.23. The van der Waals surface area contributed by atoms with Crippen molar-refractivity contribution in [2.24, 2.45) is 10.9 Å². The maximum atomic E-state index is 5.55. The molecule has 1 aliphatic heterocycles. The molecule has 0 aromatic rings. The highest BCUT2D eigenvalue weighted by Crippen LogP contribution is 2.15. The summed E-state index contributed by atoms with van der Waals surface area (Å²) in [4.78, 5) is 3.96. The number of hydrogen-bond donors (Lipinski definition) is 0. The van der Waals surface area contributed by atoms with Gasteiger partial charge < -0.3 is 4.74 Å². The largest absolute Gasteiger partial charge is 0.464 e. The van der Waals surface area contributed by atoms with Crippen LogP contribution >= 0.6 is 11.6 Å². The number of rotatable bonds is 3. The van der Waals surface area contributed by atoms with Gasteiger partial charge in [0.15, 0.2) is 0 Å². The van der Waals surface area contributed by atoms with Gasteiger partial charge in [0, 0.05) is 0 Å². The summed E-state index contributed by atoms with van der Waals surface area (Å²) in [6.07, 6.45) is 2.49. The van der Waals surface area contributed by atoms with Gasteiger partial charge in [-0.15, -0.1) is 0 Å². The first-order valence-electron chi connectivity index (χ1n) is 4.05. The predicted molar refractivity (Wildman–Crippen MR) is 47.1 cm³/mol. The fourth-order valence-electron chi connectivity index (χ4n) is 1.06. The molecule has 0 radical (unpaired) electrons. The number of ether oxygens (including phenoxy) is 1. The molecule has 3 heteroatoms. The topological polar surface area (TPSA) is 21.6 Å². The first-order valence-corrected chi connectivity index (χ1v) is 4.43. The summed E-state index contributed by atoms with van der Waals surface area (Å²) in [5, 5.41) is 0.332. The van der Waals surface area contributed by atoms with Gasteiger partial charge in [-0.1, -0.05) is 13.8 Å². The average molecular weight is 176 g/mol. The van der Waals surface area contributed by atoms with Crippen molar-refractivity contribution in [3.8, 4) is 0 Å². The zero-order valence-electron chi connectivity index (χ0n) is 7.01. The molecule has 0 aliphatic carbocycles. The molecule has 2 nitrogen and oxygen atoms in total. The zero-order valence-corrected chi connectivity index (χ0v) is 7.77. The first-order chi connectivity index (χ1) is 5.18. The molecule has 11 heavy (non-hydrogen) atoms. The number of nitrogens with zero attached hydrogens (tertiary/aromatic N) is 1. The standard InChI is InChI=1S/C8H14ClNO/c1-6(2)3-4-7-5-10-8(9)11-7/h6-7H,3-5H2,1-2H3. The minimum atomic E-state index is 0.241. The van der Waals surface area contributed by atoms with Crippen LogP contribution in [0.3, 0.4) is 0 Å². The third-order valence-corrected chi connectivity index (χ3v) is 1.96. The second-order valence-corrected chi connectivity index (χ2v) is 3.63. The number of aliphatic imine (C=N–C) groups is 1. The van der Waals surface area contributed by atoms with E-state index in [-0.39, 0.29) is 6.10 Å². The van der Waals surface area contributed by atoms with Gasteiger partial charge in [0.1, 0.15) is 6.10 Å². The van der Waals surface area contributed by atoms with Crippen molar-refractivity contribution in [1.29, 1.82) is 0 Å². The van der Waals surface area contributed by atoms with Crippen molar-refractivity contribution in [3.63, 3.8) is 0 Å². The monoisotopic (exact) mass is 175 g/mol. The fourth-order valence-corrected chi connectivity index (χ4v) is 1.25. The Morgan fingerprint density at radius 2 is 2.45 bits per heavy atom. The van der Waals surface area contributed by atoms with Crippen LogP contribution in [0.25, 0.3) is 0 Å². The minimum absolute atomic E-state index is 0.241. The quantitative estimate of drug-likeness (QED) is 0.646. The van der Waals surface area contributed by atoms with Gasteiger partial charge in [-0.05, 0) is 30.4 Å². The van der Waals surface area contributed by atoms with Gasteiger partial charge in [0.25, 0.3) is 5.36 Å². The van der Waals surface area contributed by atoms with E-state index in [2.05, 4.69) is 18.8 Å². The summed E-state index contributed by atoms with van der Waals surface area (Å²) >= 11 is 5.55. The normalized spacial score (nSPS) is 23.6. The van der Waals surface area contributed by atoms with Gasteiger partial charge in [0.05, 0.1) is 6.54 Å². The summed E-state index contributed by atoms with van der Waals surface area (Å²) in [5.74, 6) is 0.734. The lowest BCUT2D eigenvalue weighted by atomic mass is 10.1. The van der Waals surface area contributed by atoms with Crippen molar-refractivity contribution < 1.29 is 4.74 Å². The third-order valence-electron chi connectivity index (χ3n) is 1.75. The molecule has 0 spiro atoms. The van der Waals surface area contributed by atoms with Crippen molar-refractivity contribution in [2.75, 3.05) is 6.54 Å². The second kappa shape index (κ2) is 3.96. The molecule has 0 bridgehead atoms. The Hall–Kier alpha value is -0.240. The Balaban J connectivity index is 2.11. The van der Waals surface area contributed by atoms with Crippen LogP contribution in [0.2, 0.25) is 0 Å². The molecule has 1 heterocycles. The molecule has 64 valence electrons. The molecule has 0 amide bonds. The van der Waals surface area contributed by atoms with E-state index in [0.717, 1.165) is 18.9 Å². The van der Waals surface area contributed by atoms with Crippen LogP contribution in [-0.2, 0) is 4.74 Å². The second-order valence-electron chi connectivity index (χ2n) is 3.30. The van der Waals surface area contributed by atoms with E-state index in [0.29, 0.717) is 5.36 Å². The smallest absolute Gasteiger partial charge is 0.282 e. The number of hydrogen-bond acceptors (Lipinski definition) is 2. The van der Waals surface area contributed by atoms with Crippen LogP contribution in [0.15, 0.2) is 4.99 Å². The van der Waals surface area contributed by atoms with E-state index < -0.39 is 0 Å². The van der Waals surface area contributed by atoms with E-state index in [1.807, 2.05) is 0 Å². The summed E-state index contributed by atoms with van der Waals surface area (Å²) in [7, 11) is 0. The van der Waals surface area contributed by atoms with Crippen LogP contribution < -0.4 is 0 Å². The lowest BCUT2D eigenvalue weighted by molar-refractivity contribution is 0.208. The zero-order chi connectivity index (χ0) is 8.27. The molecule has 0 saturated heterocycles. The third kappa shape index (κ3) is 3.10. The summed E-state index contributed by atoms with van der Waals surface area (Å²) in [6, 6.07) is 0. The first kappa shape index (κ1) is 8.85. The van der Waals surface area contributed by atoms with Crippen LogP contribution in [0.1, 0.15) is 26.7 Å². The van der Waals surface area contributed by atoms with Crippen LogP contribution in [-0.4, -0.2) is 18.0 Å². The minimum Gasteiger partial charge on any atom is -0.464 e. The maximum Gasteiger partial charge on any atom is 0.282 e. The number of halogens is 1. The molecule has 1 atom stereocenters. The average Bonchev–Trinajstić information content (AvgIpc) is 2.31. The molecule has 0 fully saturated rings. The lowest BCUT2D eigenvalue weighted by Gasteiger charge is -2.10. The van der Waals surface area contributed by atoms with Gasteiger partial charge in [-0.2, -0.15) is 0 Å². The van der Waals surface area contributed by atoms with Gasteiger partial charge >= 0.3 is 0 Å². The SMILES string of the molecule is CC(C)CCC1CN=C(Cl)O1. The van der Waals surface area contributed by atoms with E-state index in [4.69, 9.17) is 16.3 Å². The van der Waals surface area contributed by atoms with Crippen LogP contribution in [0.5, 0.6) is 0 Å². The summed E-state index contributed by atoms with van der Waals surface area (Å²) in [5.41, 5.74) is 0. The van der Waals surface area contributed by atoms with Gasteiger partial charge in [-0.25, -0.2) is 4.99 Å². The Kier molecular flexibility index (Phi) is 3.18. The molecule has 0 aromatic carbocycles.